The van der Waals surface area contributed by atoms with Crippen molar-refractivity contribution in [1.82, 2.24) is 15.2 Å². The molecule has 1 fully saturated rings. The Labute approximate surface area is 150 Å². The van der Waals surface area contributed by atoms with E-state index >= 15 is 0 Å². The van der Waals surface area contributed by atoms with E-state index in [1.165, 1.54) is 18.4 Å². The van der Waals surface area contributed by atoms with E-state index in [0.717, 1.165) is 37.2 Å². The third-order valence-corrected chi connectivity index (χ3v) is 4.83. The topological polar surface area (TPSA) is 45.2 Å². The lowest BCUT2D eigenvalue weighted by molar-refractivity contribution is -0.133. The van der Waals surface area contributed by atoms with Crippen LogP contribution in [0.4, 0.5) is 0 Å². The van der Waals surface area contributed by atoms with Crippen LogP contribution in [0.5, 0.6) is 0 Å². The fourth-order valence-electron chi connectivity index (χ4n) is 3.35. The summed E-state index contributed by atoms with van der Waals surface area (Å²) >= 11 is 0. The molecule has 1 aromatic heterocycles. The maximum Gasteiger partial charge on any atom is 0.227 e. The molecule has 132 valence electrons. The van der Waals surface area contributed by atoms with Crippen molar-refractivity contribution in [2.24, 2.45) is 0 Å². The highest BCUT2D eigenvalue weighted by Crippen LogP contribution is 2.22. The highest BCUT2D eigenvalue weighted by atomic mass is 16.2. The van der Waals surface area contributed by atoms with Gasteiger partial charge < -0.3 is 10.2 Å². The van der Waals surface area contributed by atoms with Gasteiger partial charge in [-0.1, -0.05) is 43.7 Å². The largest absolute Gasteiger partial charge is 0.333 e. The number of carbonyl (C=O) groups excluding carboxylic acids is 1. The number of unbranched alkanes of at least 4 members (excludes halogenated alkanes) is 1. The van der Waals surface area contributed by atoms with Gasteiger partial charge in [0.2, 0.25) is 5.91 Å². The summed E-state index contributed by atoms with van der Waals surface area (Å²) in [6.45, 7) is 4.58. The first kappa shape index (κ1) is 17.6. The van der Waals surface area contributed by atoms with Crippen molar-refractivity contribution < 1.29 is 4.79 Å². The summed E-state index contributed by atoms with van der Waals surface area (Å²) in [4.78, 5) is 19.1. The van der Waals surface area contributed by atoms with E-state index in [4.69, 9.17) is 0 Å². The van der Waals surface area contributed by atoms with Crippen LogP contribution >= 0.6 is 0 Å². The number of rotatable bonds is 6. The molecule has 4 heteroatoms. The lowest BCUT2D eigenvalue weighted by Gasteiger charge is -2.36. The maximum atomic E-state index is 12.9. The standard InChI is InChI=1S/C21H27N3O/c1-2-3-5-17-7-9-18(10-8-17)14-21(25)24-13-12-23-16-20(24)19-6-4-11-22-15-19/h4,6-11,15,20,23H,2-3,5,12-14,16H2,1H3. The highest BCUT2D eigenvalue weighted by molar-refractivity contribution is 5.79. The molecule has 2 heterocycles. The van der Waals surface area contributed by atoms with Gasteiger partial charge in [-0.2, -0.15) is 0 Å². The fourth-order valence-corrected chi connectivity index (χ4v) is 3.35. The second-order valence-corrected chi connectivity index (χ2v) is 6.69. The number of carbonyl (C=O) groups is 1. The van der Waals surface area contributed by atoms with Crippen molar-refractivity contribution in [1.29, 1.82) is 0 Å². The monoisotopic (exact) mass is 337 g/mol. The van der Waals surface area contributed by atoms with Gasteiger partial charge in [0.05, 0.1) is 12.5 Å². The number of aryl methyl sites for hydroxylation is 1. The zero-order valence-corrected chi connectivity index (χ0v) is 14.9. The molecule has 0 saturated carbocycles. The van der Waals surface area contributed by atoms with Gasteiger partial charge in [-0.3, -0.25) is 9.78 Å². The van der Waals surface area contributed by atoms with Crippen molar-refractivity contribution in [3.05, 3.63) is 65.5 Å². The first-order chi connectivity index (χ1) is 12.3. The first-order valence-corrected chi connectivity index (χ1v) is 9.26. The van der Waals surface area contributed by atoms with Gasteiger partial charge in [0.1, 0.15) is 0 Å². The lowest BCUT2D eigenvalue weighted by Crippen LogP contribution is -2.49. The van der Waals surface area contributed by atoms with E-state index in [-0.39, 0.29) is 11.9 Å². The number of nitrogens with one attached hydrogen (secondary N) is 1. The Kier molecular flexibility index (Phi) is 6.18. The predicted molar refractivity (Wildman–Crippen MR) is 100 cm³/mol. The van der Waals surface area contributed by atoms with E-state index in [0.29, 0.717) is 6.42 Å². The van der Waals surface area contributed by atoms with E-state index in [1.54, 1.807) is 6.20 Å². The summed E-state index contributed by atoms with van der Waals surface area (Å²) in [6.07, 6.45) is 7.63. The smallest absolute Gasteiger partial charge is 0.227 e. The molecule has 1 unspecified atom stereocenters. The van der Waals surface area contributed by atoms with Gasteiger partial charge in [-0.25, -0.2) is 0 Å². The Morgan fingerprint density at radius 3 is 2.76 bits per heavy atom. The zero-order chi connectivity index (χ0) is 17.5. The number of hydrogen-bond acceptors (Lipinski definition) is 3. The molecule has 1 aliphatic heterocycles. The van der Waals surface area contributed by atoms with Crippen molar-refractivity contribution >= 4 is 5.91 Å². The van der Waals surface area contributed by atoms with Gasteiger partial charge in [0.25, 0.3) is 0 Å². The SMILES string of the molecule is CCCCc1ccc(CC(=O)N2CCNCC2c2cccnc2)cc1. The minimum absolute atomic E-state index is 0.0683. The van der Waals surface area contributed by atoms with Crippen molar-refractivity contribution in [3.8, 4) is 0 Å². The normalized spacial score (nSPS) is 17.5. The molecule has 2 aromatic rings. The predicted octanol–water partition coefficient (Wildman–Crippen LogP) is 3.14. The Morgan fingerprint density at radius 2 is 2.04 bits per heavy atom. The summed E-state index contributed by atoms with van der Waals surface area (Å²) in [5.74, 6) is 0.191. The minimum Gasteiger partial charge on any atom is -0.333 e. The molecule has 1 saturated heterocycles. The Hall–Kier alpha value is -2.20. The molecule has 0 radical (unpaired) electrons. The number of piperazine rings is 1. The minimum atomic E-state index is 0.0683. The van der Waals surface area contributed by atoms with Crippen molar-refractivity contribution in [2.45, 2.75) is 38.6 Å². The number of amides is 1. The average molecular weight is 337 g/mol. The number of aromatic nitrogens is 1. The van der Waals surface area contributed by atoms with Gasteiger partial charge in [-0.15, -0.1) is 0 Å². The molecule has 0 bridgehead atoms. The third-order valence-electron chi connectivity index (χ3n) is 4.83. The van der Waals surface area contributed by atoms with E-state index in [2.05, 4.69) is 41.5 Å². The first-order valence-electron chi connectivity index (χ1n) is 9.26. The molecule has 1 aliphatic rings. The summed E-state index contributed by atoms with van der Waals surface area (Å²) in [6, 6.07) is 12.6. The summed E-state index contributed by atoms with van der Waals surface area (Å²) in [5.41, 5.74) is 3.54. The number of nitrogens with zero attached hydrogens (tertiary/aromatic N) is 2. The molecule has 0 aliphatic carbocycles. The molecule has 1 atom stereocenters. The van der Waals surface area contributed by atoms with Crippen LogP contribution in [0.3, 0.4) is 0 Å². The van der Waals surface area contributed by atoms with Crippen LogP contribution in [0, 0.1) is 0 Å². The average Bonchev–Trinajstić information content (AvgIpc) is 2.68. The zero-order valence-electron chi connectivity index (χ0n) is 14.9. The quantitative estimate of drug-likeness (QED) is 0.881. The third kappa shape index (κ3) is 4.67. The molecule has 1 N–H and O–H groups in total. The second kappa shape index (κ2) is 8.77. The molecule has 25 heavy (non-hydrogen) atoms. The Morgan fingerprint density at radius 1 is 1.24 bits per heavy atom. The molecule has 1 aromatic carbocycles. The Bertz CT molecular complexity index is 669. The van der Waals surface area contributed by atoms with Crippen LogP contribution < -0.4 is 5.32 Å². The van der Waals surface area contributed by atoms with Gasteiger partial charge in [-0.05, 0) is 35.6 Å². The summed E-state index contributed by atoms with van der Waals surface area (Å²) in [5, 5.41) is 3.39. The summed E-state index contributed by atoms with van der Waals surface area (Å²) in [7, 11) is 0. The molecule has 3 rings (SSSR count). The molecule has 4 nitrogen and oxygen atoms in total. The van der Waals surface area contributed by atoms with E-state index in [9.17, 15) is 4.79 Å². The van der Waals surface area contributed by atoms with Crippen LogP contribution in [0.2, 0.25) is 0 Å². The van der Waals surface area contributed by atoms with Gasteiger partial charge in [0.15, 0.2) is 0 Å². The highest BCUT2D eigenvalue weighted by Gasteiger charge is 2.27. The maximum absolute atomic E-state index is 12.9. The van der Waals surface area contributed by atoms with Crippen molar-refractivity contribution in [3.63, 3.8) is 0 Å². The van der Waals surface area contributed by atoms with Crippen LogP contribution in [0.15, 0.2) is 48.8 Å². The lowest BCUT2D eigenvalue weighted by atomic mass is 10.0. The number of pyridine rings is 1. The van der Waals surface area contributed by atoms with Gasteiger partial charge in [0, 0.05) is 32.0 Å². The number of hydrogen-bond donors (Lipinski definition) is 1. The van der Waals surface area contributed by atoms with Crippen LogP contribution in [0.25, 0.3) is 0 Å². The van der Waals surface area contributed by atoms with Gasteiger partial charge >= 0.3 is 0 Å². The second-order valence-electron chi connectivity index (χ2n) is 6.69. The van der Waals surface area contributed by atoms with Crippen LogP contribution in [-0.4, -0.2) is 35.4 Å². The molecule has 0 spiro atoms. The van der Waals surface area contributed by atoms with Crippen molar-refractivity contribution in [2.75, 3.05) is 19.6 Å². The summed E-state index contributed by atoms with van der Waals surface area (Å²) < 4.78 is 0. The molecular weight excluding hydrogens is 310 g/mol. The van der Waals surface area contributed by atoms with E-state index < -0.39 is 0 Å². The van der Waals surface area contributed by atoms with Crippen LogP contribution in [-0.2, 0) is 17.6 Å². The molecular formula is C21H27N3O. The van der Waals surface area contributed by atoms with Crippen LogP contribution in [0.1, 0.15) is 42.5 Å². The Balaban J connectivity index is 1.66. The fraction of sp³-hybridized carbons (Fsp3) is 0.429. The number of benzene rings is 1. The molecule has 1 amide bonds. The van der Waals surface area contributed by atoms with E-state index in [1.807, 2.05) is 23.2 Å².